The number of hydrogen-bond donors (Lipinski definition) is 1. The highest BCUT2D eigenvalue weighted by Crippen LogP contribution is 2.17. The number of esters is 1. The highest BCUT2D eigenvalue weighted by Gasteiger charge is 2.16. The number of hydrogen-bond acceptors (Lipinski definition) is 4. The van der Waals surface area contributed by atoms with Crippen molar-refractivity contribution in [2.24, 2.45) is 0 Å². The zero-order valence-corrected chi connectivity index (χ0v) is 16.9. The van der Waals surface area contributed by atoms with Gasteiger partial charge in [0.25, 0.3) is 5.91 Å². The van der Waals surface area contributed by atoms with Crippen LogP contribution in [0, 0.1) is 0 Å². The average molecular weight is 383 g/mol. The van der Waals surface area contributed by atoms with E-state index in [4.69, 9.17) is 9.47 Å². The van der Waals surface area contributed by atoms with E-state index < -0.39 is 6.10 Å². The maximum atomic E-state index is 12.4. The van der Waals surface area contributed by atoms with E-state index in [1.54, 1.807) is 31.2 Å². The zero-order chi connectivity index (χ0) is 20.4. The second-order valence-corrected chi connectivity index (χ2v) is 6.71. The molecule has 0 aliphatic carbocycles. The summed E-state index contributed by atoms with van der Waals surface area (Å²) in [6, 6.07) is 14.5. The Morgan fingerprint density at radius 2 is 1.79 bits per heavy atom. The number of amides is 1. The molecule has 0 bridgehead atoms. The molecule has 0 aromatic heterocycles. The summed E-state index contributed by atoms with van der Waals surface area (Å²) in [6.45, 7) is 6.26. The normalized spacial score (nSPS) is 11.5. The Balaban J connectivity index is 1.92. The lowest BCUT2D eigenvalue weighted by Gasteiger charge is -2.15. The Kier molecular flexibility index (Phi) is 8.53. The maximum Gasteiger partial charge on any atom is 0.338 e. The van der Waals surface area contributed by atoms with Crippen molar-refractivity contribution in [1.82, 2.24) is 0 Å². The van der Waals surface area contributed by atoms with Crippen LogP contribution in [0.25, 0.3) is 0 Å². The first-order valence-corrected chi connectivity index (χ1v) is 9.87. The van der Waals surface area contributed by atoms with Crippen LogP contribution in [-0.4, -0.2) is 24.6 Å². The van der Waals surface area contributed by atoms with Gasteiger partial charge in [0.05, 0.1) is 12.2 Å². The molecule has 1 amide bonds. The monoisotopic (exact) mass is 383 g/mol. The van der Waals surface area contributed by atoms with Crippen LogP contribution in [0.5, 0.6) is 5.75 Å². The molecule has 28 heavy (non-hydrogen) atoms. The van der Waals surface area contributed by atoms with Gasteiger partial charge in [-0.05, 0) is 55.7 Å². The lowest BCUT2D eigenvalue weighted by molar-refractivity contribution is -0.122. The molecule has 0 aliphatic heterocycles. The number of ether oxygens (including phenoxy) is 2. The number of carbonyl (C=O) groups excluding carboxylic acids is 2. The Morgan fingerprint density at radius 1 is 1.04 bits per heavy atom. The van der Waals surface area contributed by atoms with Gasteiger partial charge in [0.15, 0.2) is 6.10 Å². The quantitative estimate of drug-likeness (QED) is 0.463. The molecule has 0 saturated carbocycles. The molecule has 0 saturated heterocycles. The second-order valence-electron chi connectivity index (χ2n) is 6.71. The fraction of sp³-hybridized carbons (Fsp3) is 0.391. The first-order chi connectivity index (χ1) is 13.5. The van der Waals surface area contributed by atoms with Crippen LogP contribution in [0.2, 0.25) is 0 Å². The van der Waals surface area contributed by atoms with Gasteiger partial charge in [0.2, 0.25) is 0 Å². The minimum atomic E-state index is -0.669. The number of anilines is 1. The van der Waals surface area contributed by atoms with Gasteiger partial charge in [0.1, 0.15) is 5.75 Å². The van der Waals surface area contributed by atoms with E-state index in [-0.39, 0.29) is 11.9 Å². The lowest BCUT2D eigenvalue weighted by atomic mass is 10.1. The molecule has 2 rings (SSSR count). The zero-order valence-electron chi connectivity index (χ0n) is 16.9. The summed E-state index contributed by atoms with van der Waals surface area (Å²) < 4.78 is 10.9. The smallest absolute Gasteiger partial charge is 0.338 e. The molecular formula is C23H29NO4. The Morgan fingerprint density at radius 3 is 2.46 bits per heavy atom. The fourth-order valence-electron chi connectivity index (χ4n) is 2.64. The molecule has 0 heterocycles. The summed E-state index contributed by atoms with van der Waals surface area (Å²) in [6.07, 6.45) is 3.23. The van der Waals surface area contributed by atoms with Crippen molar-refractivity contribution in [3.8, 4) is 5.75 Å². The first-order valence-electron chi connectivity index (χ1n) is 9.87. The summed E-state index contributed by atoms with van der Waals surface area (Å²) in [5, 5.41) is 2.78. The van der Waals surface area contributed by atoms with Crippen LogP contribution in [-0.2, 0) is 16.0 Å². The molecular weight excluding hydrogens is 354 g/mol. The number of rotatable bonds is 10. The molecule has 5 nitrogen and oxygen atoms in total. The third-order valence-electron chi connectivity index (χ3n) is 4.24. The largest absolute Gasteiger partial charge is 0.481 e. The van der Waals surface area contributed by atoms with Crippen LogP contribution in [0.4, 0.5) is 5.69 Å². The van der Waals surface area contributed by atoms with Crippen LogP contribution in [0.1, 0.15) is 56.0 Å². The molecule has 0 spiro atoms. The molecule has 0 fully saturated rings. The van der Waals surface area contributed by atoms with Gasteiger partial charge in [-0.25, -0.2) is 4.79 Å². The first kappa shape index (κ1) is 21.5. The van der Waals surface area contributed by atoms with Crippen molar-refractivity contribution in [2.75, 3.05) is 11.9 Å². The summed E-state index contributed by atoms with van der Waals surface area (Å²) in [7, 11) is 0. The average Bonchev–Trinajstić information content (AvgIpc) is 2.70. The van der Waals surface area contributed by atoms with E-state index in [0.29, 0.717) is 23.6 Å². The number of benzene rings is 2. The van der Waals surface area contributed by atoms with Gasteiger partial charge in [0, 0.05) is 5.69 Å². The van der Waals surface area contributed by atoms with E-state index in [1.807, 2.05) is 31.2 Å². The number of unbranched alkanes of at least 4 members (excludes halogenated alkanes) is 1. The van der Waals surface area contributed by atoms with Crippen LogP contribution < -0.4 is 10.1 Å². The predicted octanol–water partition coefficient (Wildman–Crippen LogP) is 5.00. The molecule has 1 unspecified atom stereocenters. The fourth-order valence-corrected chi connectivity index (χ4v) is 2.64. The maximum absolute atomic E-state index is 12.4. The summed E-state index contributed by atoms with van der Waals surface area (Å²) in [5.41, 5.74) is 2.19. The number of carbonyl (C=O) groups is 2. The summed E-state index contributed by atoms with van der Waals surface area (Å²) in [5.74, 6) is -0.0223. The Bertz CT molecular complexity index is 770. The van der Waals surface area contributed by atoms with Crippen LogP contribution in [0.3, 0.4) is 0 Å². The molecule has 0 radical (unpaired) electrons. The van der Waals surface area contributed by atoms with Gasteiger partial charge in [-0.2, -0.15) is 0 Å². The van der Waals surface area contributed by atoms with E-state index >= 15 is 0 Å². The standard InChI is InChI=1S/C23H29NO4/c1-4-6-15-27-23(26)19-9-7-10-20(16-19)24-22(25)17(3)28-21-13-11-18(8-5-2)12-14-21/h7,9-14,16-17H,4-6,8,15H2,1-3H3,(H,24,25). The molecule has 2 aromatic carbocycles. The molecule has 5 heteroatoms. The van der Waals surface area contributed by atoms with Crippen molar-refractivity contribution in [3.05, 3.63) is 59.7 Å². The van der Waals surface area contributed by atoms with Gasteiger partial charge in [-0.3, -0.25) is 4.79 Å². The number of nitrogens with one attached hydrogen (secondary N) is 1. The topological polar surface area (TPSA) is 64.6 Å². The van der Waals surface area contributed by atoms with Gasteiger partial charge in [-0.1, -0.05) is 44.9 Å². The molecule has 2 aromatic rings. The highest BCUT2D eigenvalue weighted by molar-refractivity contribution is 5.96. The lowest BCUT2D eigenvalue weighted by Crippen LogP contribution is -2.30. The third-order valence-corrected chi connectivity index (χ3v) is 4.24. The third kappa shape index (κ3) is 6.72. The molecule has 150 valence electrons. The van der Waals surface area contributed by atoms with Crippen molar-refractivity contribution in [2.45, 2.75) is 52.6 Å². The summed E-state index contributed by atoms with van der Waals surface area (Å²) in [4.78, 5) is 24.5. The predicted molar refractivity (Wildman–Crippen MR) is 111 cm³/mol. The molecule has 1 N–H and O–H groups in total. The van der Waals surface area contributed by atoms with Crippen molar-refractivity contribution < 1.29 is 19.1 Å². The van der Waals surface area contributed by atoms with Gasteiger partial charge in [-0.15, -0.1) is 0 Å². The molecule has 1 atom stereocenters. The second kappa shape index (κ2) is 11.1. The van der Waals surface area contributed by atoms with Crippen LogP contribution in [0.15, 0.2) is 48.5 Å². The van der Waals surface area contributed by atoms with E-state index in [9.17, 15) is 9.59 Å². The van der Waals surface area contributed by atoms with Crippen LogP contribution >= 0.6 is 0 Å². The van der Waals surface area contributed by atoms with E-state index in [0.717, 1.165) is 25.7 Å². The van der Waals surface area contributed by atoms with Crippen molar-refractivity contribution in [3.63, 3.8) is 0 Å². The number of aryl methyl sites for hydroxylation is 1. The van der Waals surface area contributed by atoms with Gasteiger partial charge < -0.3 is 14.8 Å². The minimum absolute atomic E-state index is 0.283. The minimum Gasteiger partial charge on any atom is -0.481 e. The summed E-state index contributed by atoms with van der Waals surface area (Å²) >= 11 is 0. The Labute approximate surface area is 167 Å². The Hall–Kier alpha value is -2.82. The highest BCUT2D eigenvalue weighted by atomic mass is 16.5. The molecule has 0 aliphatic rings. The van der Waals surface area contributed by atoms with E-state index in [2.05, 4.69) is 12.2 Å². The van der Waals surface area contributed by atoms with E-state index in [1.165, 1.54) is 5.56 Å². The SMILES string of the molecule is CCCCOC(=O)c1cccc(NC(=O)C(C)Oc2ccc(CCC)cc2)c1. The van der Waals surface area contributed by atoms with Crippen molar-refractivity contribution in [1.29, 1.82) is 0 Å². The van der Waals surface area contributed by atoms with Gasteiger partial charge >= 0.3 is 5.97 Å². The van der Waals surface area contributed by atoms with Crippen molar-refractivity contribution >= 4 is 17.6 Å².